The van der Waals surface area contributed by atoms with Crippen LogP contribution in [0.15, 0.2) is 53.1 Å². The van der Waals surface area contributed by atoms with Crippen LogP contribution in [0, 0.1) is 0 Å². The van der Waals surface area contributed by atoms with Crippen LogP contribution in [0.1, 0.15) is 44.4 Å². The van der Waals surface area contributed by atoms with Crippen molar-refractivity contribution < 1.29 is 23.8 Å². The molecule has 1 aromatic carbocycles. The van der Waals surface area contributed by atoms with Crippen LogP contribution in [0.4, 0.5) is 0 Å². The lowest BCUT2D eigenvalue weighted by Crippen LogP contribution is -2.22. The van der Waals surface area contributed by atoms with Crippen LogP contribution in [0.3, 0.4) is 0 Å². The summed E-state index contributed by atoms with van der Waals surface area (Å²) in [7, 11) is 1.61. The van der Waals surface area contributed by atoms with Crippen molar-refractivity contribution in [3.63, 3.8) is 0 Å². The highest BCUT2D eigenvalue weighted by Crippen LogP contribution is 2.40. The minimum atomic E-state index is -0.705. The van der Waals surface area contributed by atoms with Crippen LogP contribution in [-0.4, -0.2) is 37.2 Å². The Morgan fingerprint density at radius 3 is 2.16 bits per heavy atom. The molecule has 32 heavy (non-hydrogen) atoms. The molecule has 8 heteroatoms. The van der Waals surface area contributed by atoms with Crippen molar-refractivity contribution in [2.24, 2.45) is 0 Å². The predicted octanol–water partition coefficient (Wildman–Crippen LogP) is 5.55. The first-order chi connectivity index (χ1) is 15.4. The lowest BCUT2D eigenvalue weighted by atomic mass is 9.97. The number of hydrogen-bond donors (Lipinski definition) is 0. The Bertz CT molecular complexity index is 926. The lowest BCUT2D eigenvalue weighted by Gasteiger charge is -2.21. The number of carbonyl (C=O) groups excluding carboxylic acids is 2. The zero-order chi connectivity index (χ0) is 23.5. The van der Waals surface area contributed by atoms with E-state index in [1.54, 1.807) is 39.3 Å². The molecule has 6 nitrogen and oxygen atoms in total. The van der Waals surface area contributed by atoms with Crippen molar-refractivity contribution >= 4 is 35.3 Å². The molecule has 0 aliphatic heterocycles. The minimum absolute atomic E-state index is 0.0964. The van der Waals surface area contributed by atoms with Gasteiger partial charge < -0.3 is 14.2 Å². The molecule has 1 heterocycles. The van der Waals surface area contributed by atoms with Gasteiger partial charge in [0.25, 0.3) is 0 Å². The van der Waals surface area contributed by atoms with Crippen LogP contribution < -0.4 is 4.74 Å². The second kappa shape index (κ2) is 13.1. The molecule has 0 bridgehead atoms. The molecule has 0 amide bonds. The van der Waals surface area contributed by atoms with Gasteiger partial charge >= 0.3 is 11.9 Å². The number of methoxy groups -OCH3 is 1. The number of rotatable bonds is 11. The fourth-order valence-electron chi connectivity index (χ4n) is 3.06. The topological polar surface area (TPSA) is 74.7 Å². The second-order valence-electron chi connectivity index (χ2n) is 6.68. The highest BCUT2D eigenvalue weighted by atomic mass is 35.5. The third-order valence-electron chi connectivity index (χ3n) is 4.58. The minimum Gasteiger partial charge on any atom is -0.497 e. The molecule has 0 fully saturated rings. The van der Waals surface area contributed by atoms with E-state index in [9.17, 15) is 9.59 Å². The molecule has 0 aliphatic rings. The first-order valence-electron chi connectivity index (χ1n) is 10.4. The van der Waals surface area contributed by atoms with Gasteiger partial charge in [0.15, 0.2) is 5.57 Å². The quantitative estimate of drug-likeness (QED) is 0.182. The molecule has 0 aliphatic carbocycles. The van der Waals surface area contributed by atoms with Gasteiger partial charge in [-0.25, -0.2) is 9.59 Å². The molecule has 0 radical (unpaired) electrons. The number of esters is 2. The maximum atomic E-state index is 12.9. The van der Waals surface area contributed by atoms with Gasteiger partial charge in [0.1, 0.15) is 5.75 Å². The Morgan fingerprint density at radius 1 is 1.03 bits per heavy atom. The van der Waals surface area contributed by atoms with Crippen LogP contribution in [-0.2, 0) is 24.8 Å². The molecule has 0 N–H and O–H groups in total. The standard InChI is InChI=1S/C24H28ClNO5S/c1-5-19(20-14-17(25)12-13-26-20)22(21(23(27)30-6-2)24(28)31-7-3)32-15-16-8-10-18(29-4)11-9-16/h8-14,19H,5-7,15H2,1-4H3. The maximum Gasteiger partial charge on any atom is 0.346 e. The van der Waals surface area contributed by atoms with Gasteiger partial charge in [-0.05, 0) is 50.1 Å². The van der Waals surface area contributed by atoms with Crippen molar-refractivity contribution in [3.8, 4) is 5.75 Å². The summed E-state index contributed by atoms with van der Waals surface area (Å²) in [6.07, 6.45) is 2.21. The predicted molar refractivity (Wildman–Crippen MR) is 127 cm³/mol. The Kier molecular flexibility index (Phi) is 10.6. The Labute approximate surface area is 198 Å². The summed E-state index contributed by atoms with van der Waals surface area (Å²) in [5.74, 6) is -0.463. The number of halogens is 1. The molecule has 0 saturated heterocycles. The molecule has 0 spiro atoms. The SMILES string of the molecule is CCOC(=O)C(C(=O)OCC)=C(SCc1ccc(OC)cc1)C(CC)c1cc(Cl)ccn1. The Morgan fingerprint density at radius 2 is 1.66 bits per heavy atom. The first kappa shape index (κ1) is 25.7. The van der Waals surface area contributed by atoms with E-state index in [0.29, 0.717) is 27.8 Å². The molecular weight excluding hydrogens is 450 g/mol. The van der Waals surface area contributed by atoms with E-state index < -0.39 is 11.9 Å². The molecule has 0 saturated carbocycles. The summed E-state index contributed by atoms with van der Waals surface area (Å²) in [6.45, 7) is 5.64. The smallest absolute Gasteiger partial charge is 0.346 e. The monoisotopic (exact) mass is 477 g/mol. The Balaban J connectivity index is 2.56. The van der Waals surface area contributed by atoms with Gasteiger partial charge in [0.2, 0.25) is 0 Å². The molecule has 2 aromatic rings. The fourth-order valence-corrected chi connectivity index (χ4v) is 4.54. The van der Waals surface area contributed by atoms with Gasteiger partial charge in [0, 0.05) is 33.5 Å². The third kappa shape index (κ3) is 7.00. The Hall–Kier alpha value is -2.51. The molecular formula is C24H28ClNO5S. The highest BCUT2D eigenvalue weighted by Gasteiger charge is 2.31. The van der Waals surface area contributed by atoms with Crippen LogP contribution in [0.5, 0.6) is 5.75 Å². The summed E-state index contributed by atoms with van der Waals surface area (Å²) < 4.78 is 15.6. The summed E-state index contributed by atoms with van der Waals surface area (Å²) in [6, 6.07) is 11.0. The van der Waals surface area contributed by atoms with Crippen LogP contribution in [0.25, 0.3) is 0 Å². The maximum absolute atomic E-state index is 12.9. The number of ether oxygens (including phenoxy) is 3. The van der Waals surface area contributed by atoms with Gasteiger partial charge in [0.05, 0.1) is 20.3 Å². The number of pyridine rings is 1. The number of benzene rings is 1. The number of hydrogen-bond acceptors (Lipinski definition) is 7. The van der Waals surface area contributed by atoms with Crippen molar-refractivity contribution in [3.05, 3.63) is 69.4 Å². The summed E-state index contributed by atoms with van der Waals surface area (Å²) >= 11 is 7.59. The largest absolute Gasteiger partial charge is 0.497 e. The number of allylic oxidation sites excluding steroid dienone is 1. The zero-order valence-electron chi connectivity index (χ0n) is 18.7. The van der Waals surface area contributed by atoms with E-state index in [2.05, 4.69) is 4.98 Å². The van der Waals surface area contributed by atoms with Crippen molar-refractivity contribution in [1.82, 2.24) is 4.98 Å². The van der Waals surface area contributed by atoms with Gasteiger partial charge in [-0.2, -0.15) is 0 Å². The molecule has 172 valence electrons. The van der Waals surface area contributed by atoms with Crippen molar-refractivity contribution in [1.29, 1.82) is 0 Å². The summed E-state index contributed by atoms with van der Waals surface area (Å²) in [5, 5.41) is 0.529. The number of aromatic nitrogens is 1. The fraction of sp³-hybridized carbons (Fsp3) is 0.375. The zero-order valence-corrected chi connectivity index (χ0v) is 20.3. The number of carbonyl (C=O) groups is 2. The average Bonchev–Trinajstić information content (AvgIpc) is 2.78. The molecule has 1 atom stereocenters. The van der Waals surface area contributed by atoms with E-state index in [0.717, 1.165) is 11.3 Å². The number of thioether (sulfide) groups is 1. The molecule has 1 aromatic heterocycles. The van der Waals surface area contributed by atoms with Crippen LogP contribution >= 0.6 is 23.4 Å². The van der Waals surface area contributed by atoms with E-state index in [4.69, 9.17) is 25.8 Å². The summed E-state index contributed by atoms with van der Waals surface area (Å²) in [4.78, 5) is 30.7. The normalized spacial score (nSPS) is 11.4. The van der Waals surface area contributed by atoms with E-state index in [1.807, 2.05) is 31.2 Å². The van der Waals surface area contributed by atoms with E-state index in [1.165, 1.54) is 11.8 Å². The third-order valence-corrected chi connectivity index (χ3v) is 6.10. The molecule has 1 unspecified atom stereocenters. The highest BCUT2D eigenvalue weighted by molar-refractivity contribution is 8.02. The van der Waals surface area contributed by atoms with Crippen LogP contribution in [0.2, 0.25) is 5.02 Å². The van der Waals surface area contributed by atoms with E-state index >= 15 is 0 Å². The molecule has 2 rings (SSSR count). The lowest BCUT2D eigenvalue weighted by molar-refractivity contribution is -0.146. The average molecular weight is 478 g/mol. The number of nitrogens with zero attached hydrogens (tertiary/aromatic N) is 1. The van der Waals surface area contributed by atoms with Gasteiger partial charge in [-0.1, -0.05) is 30.7 Å². The van der Waals surface area contributed by atoms with Crippen molar-refractivity contribution in [2.75, 3.05) is 20.3 Å². The summed E-state index contributed by atoms with van der Waals surface area (Å²) in [5.41, 5.74) is 1.58. The van der Waals surface area contributed by atoms with Gasteiger partial charge in [-0.15, -0.1) is 11.8 Å². The first-order valence-corrected chi connectivity index (χ1v) is 11.8. The second-order valence-corrected chi connectivity index (χ2v) is 8.13. The van der Waals surface area contributed by atoms with E-state index in [-0.39, 0.29) is 24.7 Å². The van der Waals surface area contributed by atoms with Gasteiger partial charge in [-0.3, -0.25) is 4.98 Å². The van der Waals surface area contributed by atoms with Crippen molar-refractivity contribution in [2.45, 2.75) is 38.9 Å².